The highest BCUT2D eigenvalue weighted by Crippen LogP contribution is 1.98. The van der Waals surface area contributed by atoms with Crippen molar-refractivity contribution >= 4 is 5.91 Å². The summed E-state index contributed by atoms with van der Waals surface area (Å²) in [5.74, 6) is -0.155. The number of carbonyl (C=O) groups is 1. The molecule has 1 aromatic carbocycles. The van der Waals surface area contributed by atoms with Crippen LogP contribution in [-0.4, -0.2) is 26.2 Å². The molecule has 1 amide bonds. The molecule has 4 nitrogen and oxygen atoms in total. The lowest BCUT2D eigenvalue weighted by Crippen LogP contribution is -2.26. The fourth-order valence-electron chi connectivity index (χ4n) is 1.07. The van der Waals surface area contributed by atoms with Crippen molar-refractivity contribution < 1.29 is 14.4 Å². The number of amides is 1. The van der Waals surface area contributed by atoms with Crippen LogP contribution in [0.2, 0.25) is 0 Å². The first kappa shape index (κ1) is 11.7. The molecule has 4 heteroatoms. The van der Waals surface area contributed by atoms with Gasteiger partial charge in [0.1, 0.15) is 0 Å². The average Bonchev–Trinajstić information content (AvgIpc) is 2.26. The van der Waals surface area contributed by atoms with E-state index in [-0.39, 0.29) is 5.91 Å². The Hall–Kier alpha value is -1.39. The Kier molecular flexibility index (Phi) is 5.43. The van der Waals surface area contributed by atoms with Gasteiger partial charge in [0.05, 0.1) is 19.6 Å². The zero-order chi connectivity index (χ0) is 10.9. The summed E-state index contributed by atoms with van der Waals surface area (Å²) < 4.78 is 4.77. The Morgan fingerprint density at radius 2 is 2.00 bits per heavy atom. The van der Waals surface area contributed by atoms with Gasteiger partial charge in [0, 0.05) is 7.11 Å². The van der Waals surface area contributed by atoms with E-state index in [0.29, 0.717) is 19.6 Å². The highest BCUT2D eigenvalue weighted by atomic mass is 16.7. The molecule has 0 spiro atoms. The lowest BCUT2D eigenvalue weighted by molar-refractivity contribution is -0.133. The lowest BCUT2D eigenvalue weighted by Gasteiger charge is -2.05. The largest absolute Gasteiger partial charge is 0.382 e. The minimum Gasteiger partial charge on any atom is -0.382 e. The van der Waals surface area contributed by atoms with E-state index in [9.17, 15) is 4.79 Å². The summed E-state index contributed by atoms with van der Waals surface area (Å²) in [4.78, 5) is 16.2. The van der Waals surface area contributed by atoms with E-state index in [1.165, 1.54) is 0 Å². The van der Waals surface area contributed by atoms with Crippen molar-refractivity contribution in [2.24, 2.45) is 0 Å². The molecule has 1 aromatic rings. The van der Waals surface area contributed by atoms with E-state index in [4.69, 9.17) is 9.57 Å². The molecule has 0 aliphatic carbocycles. The van der Waals surface area contributed by atoms with Gasteiger partial charge in [-0.25, -0.2) is 5.48 Å². The Morgan fingerprint density at radius 1 is 1.27 bits per heavy atom. The summed E-state index contributed by atoms with van der Waals surface area (Å²) in [6, 6.07) is 9.50. The van der Waals surface area contributed by atoms with Crippen LogP contribution in [0.25, 0.3) is 0 Å². The second-order valence-corrected chi connectivity index (χ2v) is 3.03. The van der Waals surface area contributed by atoms with E-state index < -0.39 is 0 Å². The fraction of sp³-hybridized carbons (Fsp3) is 0.364. The van der Waals surface area contributed by atoms with Gasteiger partial charge in [-0.1, -0.05) is 30.3 Å². The van der Waals surface area contributed by atoms with Crippen molar-refractivity contribution in [1.29, 1.82) is 0 Å². The van der Waals surface area contributed by atoms with Crippen LogP contribution in [0.4, 0.5) is 0 Å². The minimum atomic E-state index is -0.155. The van der Waals surface area contributed by atoms with Crippen LogP contribution in [0.15, 0.2) is 30.3 Å². The third-order valence-corrected chi connectivity index (χ3v) is 1.78. The first-order valence-corrected chi connectivity index (χ1v) is 4.76. The number of ether oxygens (including phenoxy) is 1. The number of hydrogen-bond donors (Lipinski definition) is 1. The third kappa shape index (κ3) is 5.15. The topological polar surface area (TPSA) is 47.6 Å². The first-order chi connectivity index (χ1) is 7.33. The standard InChI is InChI=1S/C11H15NO3/c1-14-7-8-15-12-11(13)9-10-5-3-2-4-6-10/h2-6H,7-9H2,1H3,(H,12,13). The molecular formula is C11H15NO3. The molecule has 0 heterocycles. The summed E-state index contributed by atoms with van der Waals surface area (Å²) in [6.45, 7) is 0.822. The van der Waals surface area contributed by atoms with Crippen molar-refractivity contribution in [3.05, 3.63) is 35.9 Å². The van der Waals surface area contributed by atoms with Gasteiger partial charge in [-0.05, 0) is 5.56 Å². The van der Waals surface area contributed by atoms with Crippen LogP contribution in [0.5, 0.6) is 0 Å². The Bertz CT molecular complexity index is 287. The van der Waals surface area contributed by atoms with E-state index in [1.54, 1.807) is 7.11 Å². The summed E-state index contributed by atoms with van der Waals surface area (Å²) in [6.07, 6.45) is 0.327. The highest BCUT2D eigenvalue weighted by Gasteiger charge is 2.01. The molecule has 0 unspecified atom stereocenters. The summed E-state index contributed by atoms with van der Waals surface area (Å²) in [7, 11) is 1.58. The Morgan fingerprint density at radius 3 is 2.67 bits per heavy atom. The van der Waals surface area contributed by atoms with E-state index in [0.717, 1.165) is 5.56 Å². The van der Waals surface area contributed by atoms with E-state index in [2.05, 4.69) is 5.48 Å². The fourth-order valence-corrected chi connectivity index (χ4v) is 1.07. The average molecular weight is 209 g/mol. The molecule has 0 atom stereocenters. The highest BCUT2D eigenvalue weighted by molar-refractivity contribution is 5.77. The van der Waals surface area contributed by atoms with Crippen LogP contribution in [0.3, 0.4) is 0 Å². The molecule has 0 saturated carbocycles. The molecule has 15 heavy (non-hydrogen) atoms. The number of hydrogen-bond acceptors (Lipinski definition) is 3. The molecule has 1 N–H and O–H groups in total. The predicted octanol–water partition coefficient (Wildman–Crippen LogP) is 0.923. The van der Waals surface area contributed by atoms with Crippen LogP contribution >= 0.6 is 0 Å². The van der Waals surface area contributed by atoms with Crippen LogP contribution < -0.4 is 5.48 Å². The maximum Gasteiger partial charge on any atom is 0.247 e. The summed E-state index contributed by atoms with van der Waals surface area (Å²) in [5.41, 5.74) is 3.31. The Labute approximate surface area is 89.1 Å². The van der Waals surface area contributed by atoms with Crippen molar-refractivity contribution in [3.63, 3.8) is 0 Å². The molecule has 0 bridgehead atoms. The second-order valence-electron chi connectivity index (χ2n) is 3.03. The van der Waals surface area contributed by atoms with Crippen molar-refractivity contribution in [2.45, 2.75) is 6.42 Å². The zero-order valence-electron chi connectivity index (χ0n) is 8.73. The molecule has 82 valence electrons. The molecule has 0 saturated heterocycles. The van der Waals surface area contributed by atoms with Gasteiger partial charge in [-0.3, -0.25) is 9.63 Å². The van der Waals surface area contributed by atoms with Crippen molar-refractivity contribution in [3.8, 4) is 0 Å². The smallest absolute Gasteiger partial charge is 0.247 e. The number of nitrogens with one attached hydrogen (secondary N) is 1. The molecule has 0 aliphatic rings. The third-order valence-electron chi connectivity index (χ3n) is 1.78. The van der Waals surface area contributed by atoms with Crippen LogP contribution in [0.1, 0.15) is 5.56 Å². The van der Waals surface area contributed by atoms with Crippen LogP contribution in [-0.2, 0) is 20.8 Å². The summed E-state index contributed by atoms with van der Waals surface area (Å²) in [5, 5.41) is 0. The predicted molar refractivity (Wildman–Crippen MR) is 56.1 cm³/mol. The Balaban J connectivity index is 2.19. The van der Waals surface area contributed by atoms with Crippen molar-refractivity contribution in [2.75, 3.05) is 20.3 Å². The molecule has 0 radical (unpaired) electrons. The zero-order valence-corrected chi connectivity index (χ0v) is 8.73. The number of rotatable bonds is 6. The van der Waals surface area contributed by atoms with Gasteiger partial charge in [0.25, 0.3) is 0 Å². The SMILES string of the molecule is COCCONC(=O)Cc1ccccc1. The maximum absolute atomic E-state index is 11.3. The quantitative estimate of drug-likeness (QED) is 0.560. The molecule has 0 aliphatic heterocycles. The van der Waals surface area contributed by atoms with Gasteiger partial charge >= 0.3 is 0 Å². The molecule has 0 aromatic heterocycles. The van der Waals surface area contributed by atoms with Crippen molar-refractivity contribution in [1.82, 2.24) is 5.48 Å². The molecular weight excluding hydrogens is 194 g/mol. The van der Waals surface area contributed by atoms with E-state index >= 15 is 0 Å². The number of methoxy groups -OCH3 is 1. The number of hydroxylamine groups is 1. The lowest BCUT2D eigenvalue weighted by atomic mass is 10.1. The van der Waals surface area contributed by atoms with Gasteiger partial charge < -0.3 is 4.74 Å². The van der Waals surface area contributed by atoms with Gasteiger partial charge in [-0.2, -0.15) is 0 Å². The number of benzene rings is 1. The van der Waals surface area contributed by atoms with Gasteiger partial charge in [0.15, 0.2) is 0 Å². The maximum atomic E-state index is 11.3. The van der Waals surface area contributed by atoms with Gasteiger partial charge in [0.2, 0.25) is 5.91 Å². The second kappa shape index (κ2) is 6.98. The van der Waals surface area contributed by atoms with Crippen LogP contribution in [0, 0.1) is 0 Å². The summed E-state index contributed by atoms with van der Waals surface area (Å²) >= 11 is 0. The number of carbonyl (C=O) groups excluding carboxylic acids is 1. The monoisotopic (exact) mass is 209 g/mol. The molecule has 1 rings (SSSR count). The first-order valence-electron chi connectivity index (χ1n) is 4.76. The molecule has 0 fully saturated rings. The normalized spacial score (nSPS) is 9.93. The van der Waals surface area contributed by atoms with Gasteiger partial charge in [-0.15, -0.1) is 0 Å². The minimum absolute atomic E-state index is 0.155. The van der Waals surface area contributed by atoms with E-state index in [1.807, 2.05) is 30.3 Å².